The molecule has 11 rings (SSSR count). The summed E-state index contributed by atoms with van der Waals surface area (Å²) < 4.78 is 32.8. The zero-order valence-corrected chi connectivity index (χ0v) is 38.0. The maximum Gasteiger partial charge on any atom is 0.328 e. The molecule has 1 amide bonds. The number of anilines is 1. The summed E-state index contributed by atoms with van der Waals surface area (Å²) in [6, 6.07) is 53.3. The SMILES string of the molecule is CC(=O)Nc1ccc(C)cc1C(F)(F)c1nnc(/N=C\C2=Cc3nc2c(-c2ccccc2)c2ccc([nH]2)c(-c2ccccc2)c2nc(c(-c4ccccc4)c4ccc([nH]4)c3-c3ccccc3)C=C2)s1. The number of H-pyrrole nitrogens is 2. The van der Waals surface area contributed by atoms with E-state index in [1.807, 2.05) is 91.0 Å². The molecule has 0 spiro atoms. The first-order chi connectivity index (χ1) is 33.7. The molecular weight excluding hydrogens is 883 g/mol. The van der Waals surface area contributed by atoms with Crippen LogP contribution in [0.2, 0.25) is 0 Å². The summed E-state index contributed by atoms with van der Waals surface area (Å²) in [6.45, 7) is 2.99. The van der Waals surface area contributed by atoms with Crippen LogP contribution in [0.1, 0.15) is 45.8 Å². The second-order valence-corrected chi connectivity index (χ2v) is 17.6. The molecule has 4 aromatic heterocycles. The lowest BCUT2D eigenvalue weighted by Crippen LogP contribution is -2.19. The second kappa shape index (κ2) is 17.8. The number of aromatic nitrogens is 6. The third kappa shape index (κ3) is 8.27. The summed E-state index contributed by atoms with van der Waals surface area (Å²) >= 11 is 0.673. The summed E-state index contributed by atoms with van der Waals surface area (Å²) in [5, 5.41) is 10.1. The highest BCUT2D eigenvalue weighted by atomic mass is 32.1. The van der Waals surface area contributed by atoms with Crippen molar-refractivity contribution < 1.29 is 13.6 Å². The molecule has 0 atom stereocenters. The van der Waals surface area contributed by atoms with Crippen LogP contribution in [0.4, 0.5) is 19.6 Å². The number of aryl methyl sites for hydroxylation is 1. The molecular formula is C57H40F2N8OS. The van der Waals surface area contributed by atoms with Gasteiger partial charge in [-0.3, -0.25) is 4.79 Å². The van der Waals surface area contributed by atoms with Crippen molar-refractivity contribution in [3.05, 3.63) is 203 Å². The largest absolute Gasteiger partial charge is 0.354 e. The lowest BCUT2D eigenvalue weighted by Gasteiger charge is -2.18. The molecule has 69 heavy (non-hydrogen) atoms. The van der Waals surface area contributed by atoms with Gasteiger partial charge in [0.2, 0.25) is 11.0 Å². The Labute approximate surface area is 399 Å². The summed E-state index contributed by atoms with van der Waals surface area (Å²) in [4.78, 5) is 35.2. The van der Waals surface area contributed by atoms with E-state index in [0.717, 1.165) is 78.0 Å². The third-order valence-electron chi connectivity index (χ3n) is 12.0. The number of amides is 1. The fourth-order valence-electron chi connectivity index (χ4n) is 8.89. The fraction of sp³-hybridized carbons (Fsp3) is 0.0526. The average molecular weight is 923 g/mol. The summed E-state index contributed by atoms with van der Waals surface area (Å²) in [7, 11) is 0. The summed E-state index contributed by atoms with van der Waals surface area (Å²) in [5.74, 6) is -4.05. The van der Waals surface area contributed by atoms with Crippen LogP contribution in [-0.2, 0) is 10.7 Å². The van der Waals surface area contributed by atoms with Crippen LogP contribution in [0.25, 0.3) is 90.4 Å². The van der Waals surface area contributed by atoms with Crippen molar-refractivity contribution in [2.45, 2.75) is 19.8 Å². The number of carbonyl (C=O) groups excluding carboxylic acids is 1. The van der Waals surface area contributed by atoms with Crippen LogP contribution in [0, 0.1) is 6.92 Å². The van der Waals surface area contributed by atoms with Gasteiger partial charge in [0, 0.05) is 63.0 Å². The number of fused-ring (bicyclic) bond motifs is 8. The molecule has 0 unspecified atom stereocenters. The number of rotatable bonds is 9. The maximum absolute atomic E-state index is 16.4. The van der Waals surface area contributed by atoms with E-state index in [9.17, 15) is 4.79 Å². The lowest BCUT2D eigenvalue weighted by atomic mass is 10.00. The number of halogens is 2. The van der Waals surface area contributed by atoms with Crippen LogP contribution in [0.15, 0.2) is 169 Å². The Kier molecular flexibility index (Phi) is 11.1. The molecule has 9 aromatic rings. The molecule has 334 valence electrons. The second-order valence-electron chi connectivity index (χ2n) is 16.6. The predicted octanol–water partition coefficient (Wildman–Crippen LogP) is 14.4. The molecule has 8 bridgehead atoms. The summed E-state index contributed by atoms with van der Waals surface area (Å²) in [6.07, 6.45) is 7.74. The third-order valence-corrected chi connectivity index (χ3v) is 12.9. The molecule has 2 aliphatic rings. The van der Waals surface area contributed by atoms with E-state index in [4.69, 9.17) is 15.0 Å². The zero-order chi connectivity index (χ0) is 47.1. The van der Waals surface area contributed by atoms with Crippen molar-refractivity contribution in [3.8, 4) is 44.5 Å². The quantitative estimate of drug-likeness (QED) is 0.124. The smallest absolute Gasteiger partial charge is 0.328 e. The van der Waals surface area contributed by atoms with Gasteiger partial charge in [-0.25, -0.2) is 15.0 Å². The Hall–Kier alpha value is -8.74. The van der Waals surface area contributed by atoms with Gasteiger partial charge in [0.05, 0.1) is 34.0 Å². The molecule has 6 heterocycles. The number of alkyl halides is 2. The minimum atomic E-state index is -3.59. The van der Waals surface area contributed by atoms with Gasteiger partial charge < -0.3 is 15.3 Å². The van der Waals surface area contributed by atoms with Gasteiger partial charge in [0.25, 0.3) is 0 Å². The maximum atomic E-state index is 16.4. The molecule has 0 radical (unpaired) electrons. The average Bonchev–Trinajstić information content (AvgIpc) is 4.24. The monoisotopic (exact) mass is 922 g/mol. The number of benzene rings is 5. The molecule has 0 saturated carbocycles. The van der Waals surface area contributed by atoms with Crippen molar-refractivity contribution in [3.63, 3.8) is 0 Å². The van der Waals surface area contributed by atoms with Crippen molar-refractivity contribution in [1.82, 2.24) is 30.1 Å². The Morgan fingerprint density at radius 2 is 1.09 bits per heavy atom. The minimum absolute atomic E-state index is 0.00511. The van der Waals surface area contributed by atoms with Crippen molar-refractivity contribution in [2.24, 2.45) is 4.99 Å². The van der Waals surface area contributed by atoms with Gasteiger partial charge in [-0.15, -0.1) is 10.2 Å². The van der Waals surface area contributed by atoms with Gasteiger partial charge in [-0.1, -0.05) is 144 Å². The van der Waals surface area contributed by atoms with Gasteiger partial charge in [-0.05, 0) is 83.8 Å². The normalized spacial score (nSPS) is 12.4. The molecule has 5 aromatic carbocycles. The van der Waals surface area contributed by atoms with Crippen LogP contribution in [-0.4, -0.2) is 42.3 Å². The molecule has 2 aliphatic heterocycles. The van der Waals surface area contributed by atoms with Gasteiger partial charge >= 0.3 is 5.92 Å². The zero-order valence-electron chi connectivity index (χ0n) is 37.2. The number of hydrogen-bond acceptors (Lipinski definition) is 7. The van der Waals surface area contributed by atoms with E-state index >= 15 is 8.78 Å². The molecule has 3 N–H and O–H groups in total. The molecule has 0 fully saturated rings. The van der Waals surface area contributed by atoms with Crippen molar-refractivity contribution in [1.29, 1.82) is 0 Å². The van der Waals surface area contributed by atoms with Gasteiger partial charge in [0.1, 0.15) is 0 Å². The highest BCUT2D eigenvalue weighted by Crippen LogP contribution is 2.44. The van der Waals surface area contributed by atoms with Crippen molar-refractivity contribution >= 4 is 80.1 Å². The Morgan fingerprint density at radius 3 is 1.59 bits per heavy atom. The van der Waals surface area contributed by atoms with E-state index < -0.39 is 16.8 Å². The van der Waals surface area contributed by atoms with E-state index in [2.05, 4.69) is 98.3 Å². The van der Waals surface area contributed by atoms with Crippen LogP contribution in [0.3, 0.4) is 0 Å². The first-order valence-electron chi connectivity index (χ1n) is 22.2. The molecule has 12 heteroatoms. The number of hydrogen-bond donors (Lipinski definition) is 3. The fourth-order valence-corrected chi connectivity index (χ4v) is 9.57. The number of carbonyl (C=O) groups is 1. The van der Waals surface area contributed by atoms with Gasteiger partial charge in [-0.2, -0.15) is 8.78 Å². The van der Waals surface area contributed by atoms with E-state index in [-0.39, 0.29) is 16.4 Å². The topological polar surface area (TPSA) is 125 Å². The summed E-state index contributed by atoms with van der Waals surface area (Å²) in [5.41, 5.74) is 14.3. The van der Waals surface area contributed by atoms with Crippen molar-refractivity contribution in [2.75, 3.05) is 5.32 Å². The molecule has 0 aliphatic carbocycles. The highest BCUT2D eigenvalue weighted by molar-refractivity contribution is 7.15. The number of nitrogens with one attached hydrogen (secondary N) is 3. The Balaban J connectivity index is 1.19. The minimum Gasteiger partial charge on any atom is -0.354 e. The number of aromatic amines is 2. The Bertz CT molecular complexity index is 3710. The number of nitrogens with zero attached hydrogens (tertiary/aromatic N) is 5. The van der Waals surface area contributed by atoms with Gasteiger partial charge in [0.15, 0.2) is 5.01 Å². The standard InChI is InChI=1S/C57H40F2N8OS/c1-34-23-24-42(61-35(2)68)41(31-34)57(58,59)55-66-67-56(69-55)60-33-40-32-49-52(38-19-11-5-12-20-38)47-28-27-45(63-47)50(36-15-7-3-8-16-36)43-25-26-44(62-43)51(37-17-9-4-10-18-37)46-29-30-48(64-46)53(54(40)65-49)39-21-13-6-14-22-39/h3-33,63-64H,1-2H3,(H,61,68)/b50-43?,50-45?,51-44?,51-46?,52-47?,52-49?,53-48?,54-53?,60-33-. The first-order valence-corrected chi connectivity index (χ1v) is 23.1. The number of aliphatic imine (C=N–C) groups is 1. The van der Waals surface area contributed by atoms with Crippen LogP contribution in [0.5, 0.6) is 0 Å². The van der Waals surface area contributed by atoms with E-state index in [0.29, 0.717) is 33.9 Å². The lowest BCUT2D eigenvalue weighted by molar-refractivity contribution is -0.114. The molecule has 0 saturated heterocycles. The van der Waals surface area contributed by atoms with E-state index in [1.54, 1.807) is 19.2 Å². The number of allylic oxidation sites excluding steroid dienone is 1. The predicted molar refractivity (Wildman–Crippen MR) is 276 cm³/mol. The van der Waals surface area contributed by atoms with Crippen LogP contribution < -0.4 is 5.32 Å². The highest BCUT2D eigenvalue weighted by Gasteiger charge is 2.41. The Morgan fingerprint density at radius 1 is 0.609 bits per heavy atom. The van der Waals surface area contributed by atoms with Crippen LogP contribution >= 0.6 is 11.3 Å². The molecule has 9 nitrogen and oxygen atoms in total. The van der Waals surface area contributed by atoms with E-state index in [1.165, 1.54) is 19.1 Å². The first kappa shape index (κ1) is 42.9.